The van der Waals surface area contributed by atoms with Crippen molar-refractivity contribution in [1.29, 1.82) is 0 Å². The SMILES string of the molecule is COC(=O)CCCN(C)C(=O)Cc1cccc([N+](=O)[O-])c1. The van der Waals surface area contributed by atoms with Crippen molar-refractivity contribution in [2.45, 2.75) is 19.3 Å². The number of rotatable bonds is 7. The Labute approximate surface area is 122 Å². The summed E-state index contributed by atoms with van der Waals surface area (Å²) in [4.78, 5) is 34.6. The van der Waals surface area contributed by atoms with Gasteiger partial charge in [-0.3, -0.25) is 19.7 Å². The second-order valence-electron chi connectivity index (χ2n) is 4.60. The Hall–Kier alpha value is -2.44. The highest BCUT2D eigenvalue weighted by atomic mass is 16.6. The van der Waals surface area contributed by atoms with E-state index < -0.39 is 4.92 Å². The minimum atomic E-state index is -0.492. The Balaban J connectivity index is 2.50. The van der Waals surface area contributed by atoms with Gasteiger partial charge >= 0.3 is 5.97 Å². The largest absolute Gasteiger partial charge is 0.469 e. The number of hydrogen-bond donors (Lipinski definition) is 0. The van der Waals surface area contributed by atoms with Crippen LogP contribution in [0.4, 0.5) is 5.69 Å². The molecule has 0 aliphatic heterocycles. The number of methoxy groups -OCH3 is 1. The quantitative estimate of drug-likeness (QED) is 0.432. The van der Waals surface area contributed by atoms with E-state index in [1.165, 1.54) is 24.1 Å². The average Bonchev–Trinajstić information content (AvgIpc) is 2.47. The molecule has 0 atom stereocenters. The molecule has 1 amide bonds. The second kappa shape index (κ2) is 7.98. The Kier molecular flexibility index (Phi) is 6.32. The van der Waals surface area contributed by atoms with Crippen LogP contribution in [0.25, 0.3) is 0 Å². The first-order valence-electron chi connectivity index (χ1n) is 6.48. The predicted octanol–water partition coefficient (Wildman–Crippen LogP) is 1.55. The lowest BCUT2D eigenvalue weighted by Gasteiger charge is -2.16. The lowest BCUT2D eigenvalue weighted by atomic mass is 10.1. The van der Waals surface area contributed by atoms with Crippen molar-refractivity contribution < 1.29 is 19.2 Å². The van der Waals surface area contributed by atoms with Crippen molar-refractivity contribution in [3.05, 3.63) is 39.9 Å². The molecule has 0 unspecified atom stereocenters. The first-order chi connectivity index (χ1) is 9.93. The van der Waals surface area contributed by atoms with Crippen molar-refractivity contribution in [3.63, 3.8) is 0 Å². The maximum absolute atomic E-state index is 12.0. The number of esters is 1. The molecule has 1 aromatic rings. The van der Waals surface area contributed by atoms with Crippen LogP contribution in [0.15, 0.2) is 24.3 Å². The molecule has 0 saturated heterocycles. The monoisotopic (exact) mass is 294 g/mol. The second-order valence-corrected chi connectivity index (χ2v) is 4.60. The van der Waals surface area contributed by atoms with E-state index in [0.717, 1.165) is 0 Å². The lowest BCUT2D eigenvalue weighted by molar-refractivity contribution is -0.384. The van der Waals surface area contributed by atoms with Crippen LogP contribution in [-0.2, 0) is 20.7 Å². The zero-order valence-corrected chi connectivity index (χ0v) is 12.1. The number of ether oxygens (including phenoxy) is 1. The fraction of sp³-hybridized carbons (Fsp3) is 0.429. The summed E-state index contributed by atoms with van der Waals surface area (Å²) in [5.74, 6) is -0.463. The van der Waals surface area contributed by atoms with Crippen LogP contribution < -0.4 is 0 Å². The molecule has 1 aromatic carbocycles. The van der Waals surface area contributed by atoms with Gasteiger partial charge in [-0.25, -0.2) is 0 Å². The summed E-state index contributed by atoms with van der Waals surface area (Å²) in [6.07, 6.45) is 0.866. The van der Waals surface area contributed by atoms with Crippen LogP contribution in [0, 0.1) is 10.1 Å². The number of hydrogen-bond acceptors (Lipinski definition) is 5. The third kappa shape index (κ3) is 5.60. The predicted molar refractivity (Wildman–Crippen MR) is 75.7 cm³/mol. The average molecular weight is 294 g/mol. The highest BCUT2D eigenvalue weighted by Crippen LogP contribution is 2.14. The number of nitro groups is 1. The minimum absolute atomic E-state index is 0.0337. The Morgan fingerprint density at radius 2 is 2.10 bits per heavy atom. The van der Waals surface area contributed by atoms with Gasteiger partial charge in [-0.05, 0) is 12.0 Å². The van der Waals surface area contributed by atoms with E-state index in [0.29, 0.717) is 18.5 Å². The molecule has 0 fully saturated rings. The van der Waals surface area contributed by atoms with Gasteiger partial charge < -0.3 is 9.64 Å². The summed E-state index contributed by atoms with van der Waals surface area (Å²) in [5.41, 5.74) is 0.558. The van der Waals surface area contributed by atoms with Gasteiger partial charge in [0, 0.05) is 32.1 Å². The molecule has 0 aliphatic rings. The number of non-ortho nitro benzene ring substituents is 1. The molecule has 0 saturated carbocycles. The van der Waals surface area contributed by atoms with Gasteiger partial charge in [-0.1, -0.05) is 12.1 Å². The Morgan fingerprint density at radius 3 is 2.71 bits per heavy atom. The van der Waals surface area contributed by atoms with E-state index in [1.807, 2.05) is 0 Å². The van der Waals surface area contributed by atoms with Crippen LogP contribution in [-0.4, -0.2) is 42.4 Å². The molecule has 0 radical (unpaired) electrons. The maximum Gasteiger partial charge on any atom is 0.305 e. The van der Waals surface area contributed by atoms with E-state index in [9.17, 15) is 19.7 Å². The molecule has 0 heterocycles. The zero-order chi connectivity index (χ0) is 15.8. The number of likely N-dealkylation sites (N-methyl/N-ethyl adjacent to an activating group) is 1. The summed E-state index contributed by atoms with van der Waals surface area (Å²) < 4.78 is 4.52. The fourth-order valence-electron chi connectivity index (χ4n) is 1.78. The number of nitrogens with zero attached hydrogens (tertiary/aromatic N) is 2. The van der Waals surface area contributed by atoms with Crippen molar-refractivity contribution in [2.24, 2.45) is 0 Å². The molecule has 0 aliphatic carbocycles. The number of benzene rings is 1. The zero-order valence-electron chi connectivity index (χ0n) is 12.1. The van der Waals surface area contributed by atoms with E-state index >= 15 is 0 Å². The van der Waals surface area contributed by atoms with Crippen LogP contribution in [0.3, 0.4) is 0 Å². The topological polar surface area (TPSA) is 89.8 Å². The van der Waals surface area contributed by atoms with Crippen LogP contribution in [0.5, 0.6) is 0 Å². The molecule has 21 heavy (non-hydrogen) atoms. The molecule has 7 nitrogen and oxygen atoms in total. The third-order valence-corrected chi connectivity index (χ3v) is 3.00. The molecule has 7 heteroatoms. The van der Waals surface area contributed by atoms with Crippen molar-refractivity contribution in [3.8, 4) is 0 Å². The summed E-state index contributed by atoms with van der Waals surface area (Å²) in [5, 5.41) is 10.7. The Bertz CT molecular complexity index is 530. The molecular weight excluding hydrogens is 276 g/mol. The fourth-order valence-corrected chi connectivity index (χ4v) is 1.78. The van der Waals surface area contributed by atoms with Gasteiger partial charge in [0.25, 0.3) is 5.69 Å². The highest BCUT2D eigenvalue weighted by molar-refractivity contribution is 5.78. The molecule has 0 N–H and O–H groups in total. The van der Waals surface area contributed by atoms with E-state index in [4.69, 9.17) is 0 Å². The summed E-state index contributed by atoms with van der Waals surface area (Å²) in [6.45, 7) is 0.433. The number of carbonyl (C=O) groups is 2. The standard InChI is InChI=1S/C14H18N2O5/c1-15(8-4-7-14(18)21-2)13(17)10-11-5-3-6-12(9-11)16(19)20/h3,5-6,9H,4,7-8,10H2,1-2H3. The Morgan fingerprint density at radius 1 is 1.38 bits per heavy atom. The van der Waals surface area contributed by atoms with E-state index in [2.05, 4.69) is 4.74 Å². The van der Waals surface area contributed by atoms with Gasteiger partial charge in [-0.15, -0.1) is 0 Å². The number of nitro benzene ring substituents is 1. The van der Waals surface area contributed by atoms with Gasteiger partial charge in [0.2, 0.25) is 5.91 Å². The smallest absolute Gasteiger partial charge is 0.305 e. The summed E-state index contributed by atoms with van der Waals surface area (Å²) >= 11 is 0. The number of amides is 1. The first kappa shape index (κ1) is 16.6. The lowest BCUT2D eigenvalue weighted by Crippen LogP contribution is -2.29. The molecule has 114 valence electrons. The van der Waals surface area contributed by atoms with Gasteiger partial charge in [-0.2, -0.15) is 0 Å². The van der Waals surface area contributed by atoms with Crippen molar-refractivity contribution >= 4 is 17.6 Å². The third-order valence-electron chi connectivity index (χ3n) is 3.00. The molecule has 0 bridgehead atoms. The maximum atomic E-state index is 12.0. The summed E-state index contributed by atoms with van der Waals surface area (Å²) in [7, 11) is 2.95. The van der Waals surface area contributed by atoms with Crippen molar-refractivity contribution in [1.82, 2.24) is 4.90 Å². The van der Waals surface area contributed by atoms with Crippen molar-refractivity contribution in [2.75, 3.05) is 20.7 Å². The highest BCUT2D eigenvalue weighted by Gasteiger charge is 2.12. The molecule has 0 spiro atoms. The van der Waals surface area contributed by atoms with E-state index in [1.54, 1.807) is 19.2 Å². The van der Waals surface area contributed by atoms with Crippen LogP contribution in [0.2, 0.25) is 0 Å². The normalized spacial score (nSPS) is 10.0. The molecular formula is C14H18N2O5. The van der Waals surface area contributed by atoms with Crippen LogP contribution in [0.1, 0.15) is 18.4 Å². The van der Waals surface area contributed by atoms with Gasteiger partial charge in [0.1, 0.15) is 0 Å². The molecule has 1 rings (SSSR count). The summed E-state index contributed by atoms with van der Waals surface area (Å²) in [6, 6.07) is 6.00. The van der Waals surface area contributed by atoms with E-state index in [-0.39, 0.29) is 30.4 Å². The van der Waals surface area contributed by atoms with Crippen LogP contribution >= 0.6 is 0 Å². The minimum Gasteiger partial charge on any atom is -0.469 e. The van der Waals surface area contributed by atoms with Gasteiger partial charge in [0.15, 0.2) is 0 Å². The first-order valence-corrected chi connectivity index (χ1v) is 6.48. The molecule has 0 aromatic heterocycles. The number of carbonyl (C=O) groups excluding carboxylic acids is 2. The van der Waals surface area contributed by atoms with Gasteiger partial charge in [0.05, 0.1) is 18.5 Å².